The number of fused-ring (bicyclic) bond motifs is 1. The van der Waals surface area contributed by atoms with Crippen LogP contribution in [0.15, 0.2) is 106 Å². The predicted molar refractivity (Wildman–Crippen MR) is 140 cm³/mol. The van der Waals surface area contributed by atoms with Crippen LogP contribution in [0.4, 0.5) is 17.6 Å². The SMILES string of the molecule is O=c1c2ccccc2nc(Nc2ccc(S(=O)(=O)Nc3ncccn3)cc2)n1/N=C/c1ccccc1O. The average molecular weight is 514 g/mol. The van der Waals surface area contributed by atoms with Crippen LogP contribution in [0.3, 0.4) is 0 Å². The number of aromatic nitrogens is 4. The van der Waals surface area contributed by atoms with Crippen molar-refractivity contribution < 1.29 is 13.5 Å². The third-order valence-electron chi connectivity index (χ3n) is 5.22. The predicted octanol–water partition coefficient (Wildman–Crippen LogP) is 3.32. The summed E-state index contributed by atoms with van der Waals surface area (Å²) in [6.45, 7) is 0. The van der Waals surface area contributed by atoms with E-state index in [-0.39, 0.29) is 22.5 Å². The van der Waals surface area contributed by atoms with Gasteiger partial charge in [-0.2, -0.15) is 9.78 Å². The summed E-state index contributed by atoms with van der Waals surface area (Å²) in [4.78, 5) is 25.5. The van der Waals surface area contributed by atoms with Crippen molar-refractivity contribution in [1.29, 1.82) is 0 Å². The molecule has 3 aromatic carbocycles. The quantitative estimate of drug-likeness (QED) is 0.280. The van der Waals surface area contributed by atoms with Gasteiger partial charge in [0.05, 0.1) is 22.0 Å². The number of nitrogens with one attached hydrogen (secondary N) is 2. The maximum absolute atomic E-state index is 13.2. The third kappa shape index (κ3) is 5.13. The van der Waals surface area contributed by atoms with Crippen LogP contribution in [0.25, 0.3) is 10.9 Å². The molecule has 5 aromatic rings. The number of hydrogen-bond acceptors (Lipinski definition) is 9. The third-order valence-corrected chi connectivity index (χ3v) is 6.56. The summed E-state index contributed by atoms with van der Waals surface area (Å²) in [5.41, 5.74) is 0.905. The molecular weight excluding hydrogens is 494 g/mol. The van der Waals surface area contributed by atoms with Crippen LogP contribution in [0.2, 0.25) is 0 Å². The Morgan fingerprint density at radius 3 is 2.35 bits per heavy atom. The van der Waals surface area contributed by atoms with Crippen LogP contribution < -0.4 is 15.6 Å². The zero-order valence-electron chi connectivity index (χ0n) is 19.1. The number of anilines is 3. The fraction of sp³-hybridized carbons (Fsp3) is 0. The van der Waals surface area contributed by atoms with Crippen LogP contribution in [-0.4, -0.2) is 39.4 Å². The molecule has 0 radical (unpaired) electrons. The molecule has 0 bridgehead atoms. The van der Waals surface area contributed by atoms with E-state index in [1.807, 2.05) is 0 Å². The van der Waals surface area contributed by atoms with E-state index in [4.69, 9.17) is 0 Å². The van der Waals surface area contributed by atoms with E-state index in [1.165, 1.54) is 48.9 Å². The molecule has 0 unspecified atom stereocenters. The minimum absolute atomic E-state index is 0.00747. The van der Waals surface area contributed by atoms with Crippen LogP contribution in [-0.2, 0) is 10.0 Å². The molecule has 0 amide bonds. The number of aromatic hydroxyl groups is 1. The lowest BCUT2D eigenvalue weighted by Crippen LogP contribution is -2.21. The van der Waals surface area contributed by atoms with E-state index in [2.05, 4.69) is 30.1 Å². The summed E-state index contributed by atoms with van der Waals surface area (Å²) < 4.78 is 28.7. The second kappa shape index (κ2) is 9.87. The molecule has 12 heteroatoms. The van der Waals surface area contributed by atoms with Gasteiger partial charge < -0.3 is 10.4 Å². The van der Waals surface area contributed by atoms with Crippen molar-refractivity contribution in [3.05, 3.63) is 107 Å². The topological polar surface area (TPSA) is 151 Å². The van der Waals surface area contributed by atoms with Crippen molar-refractivity contribution in [1.82, 2.24) is 19.6 Å². The number of benzene rings is 3. The van der Waals surface area contributed by atoms with Crippen molar-refractivity contribution in [2.24, 2.45) is 5.10 Å². The van der Waals surface area contributed by atoms with E-state index in [0.717, 1.165) is 4.68 Å². The largest absolute Gasteiger partial charge is 0.507 e. The minimum Gasteiger partial charge on any atom is -0.507 e. The molecule has 184 valence electrons. The first-order valence-corrected chi connectivity index (χ1v) is 12.4. The standard InChI is InChI=1S/C25H19N7O4S/c33-22-9-4-1-6-17(22)16-28-32-23(34)20-7-2-3-8-21(20)30-25(32)29-18-10-12-19(13-11-18)37(35,36)31-24-26-14-5-15-27-24/h1-16,33H,(H,29,30)(H,26,27,31)/b28-16+. The number of para-hydroxylation sites is 2. The summed E-state index contributed by atoms with van der Waals surface area (Å²) >= 11 is 0. The molecular formula is C25H19N7O4S. The first-order chi connectivity index (χ1) is 17.9. The summed E-state index contributed by atoms with van der Waals surface area (Å²) in [5.74, 6) is 0.0621. The Kier molecular flexibility index (Phi) is 6.31. The van der Waals surface area contributed by atoms with Gasteiger partial charge in [0.25, 0.3) is 15.6 Å². The molecule has 3 N–H and O–H groups in total. The lowest BCUT2D eigenvalue weighted by Gasteiger charge is -2.12. The van der Waals surface area contributed by atoms with Crippen molar-refractivity contribution in [2.75, 3.05) is 10.0 Å². The Bertz CT molecular complexity index is 1770. The molecule has 2 aromatic heterocycles. The minimum atomic E-state index is -3.91. The molecule has 11 nitrogen and oxygen atoms in total. The summed E-state index contributed by atoms with van der Waals surface area (Å²) in [6, 6.07) is 20.8. The first kappa shape index (κ1) is 23.6. The number of sulfonamides is 1. The molecule has 0 spiro atoms. The Morgan fingerprint density at radius 2 is 1.59 bits per heavy atom. The highest BCUT2D eigenvalue weighted by molar-refractivity contribution is 7.92. The zero-order valence-corrected chi connectivity index (χ0v) is 19.9. The van der Waals surface area contributed by atoms with E-state index in [1.54, 1.807) is 48.5 Å². The Morgan fingerprint density at radius 1 is 0.892 bits per heavy atom. The Hall–Kier alpha value is -5.10. The monoisotopic (exact) mass is 513 g/mol. The second-order valence-electron chi connectivity index (χ2n) is 7.70. The van der Waals surface area contributed by atoms with Gasteiger partial charge in [-0.25, -0.2) is 28.1 Å². The smallest absolute Gasteiger partial charge is 0.283 e. The van der Waals surface area contributed by atoms with Gasteiger partial charge in [0.15, 0.2) is 0 Å². The number of rotatable bonds is 7. The van der Waals surface area contributed by atoms with Gasteiger partial charge in [-0.15, -0.1) is 0 Å². The van der Waals surface area contributed by atoms with Gasteiger partial charge in [0.1, 0.15) is 5.75 Å². The molecule has 0 fully saturated rings. The van der Waals surface area contributed by atoms with E-state index in [9.17, 15) is 18.3 Å². The first-order valence-electron chi connectivity index (χ1n) is 10.9. The maximum atomic E-state index is 13.2. The van der Waals surface area contributed by atoms with Gasteiger partial charge in [-0.1, -0.05) is 24.3 Å². The molecule has 37 heavy (non-hydrogen) atoms. The molecule has 0 saturated heterocycles. The molecule has 0 aliphatic carbocycles. The van der Waals surface area contributed by atoms with E-state index in [0.29, 0.717) is 22.2 Å². The van der Waals surface area contributed by atoms with Gasteiger partial charge in [-0.3, -0.25) is 4.79 Å². The van der Waals surface area contributed by atoms with Crippen molar-refractivity contribution in [2.45, 2.75) is 4.90 Å². The van der Waals surface area contributed by atoms with Gasteiger partial charge >= 0.3 is 0 Å². The maximum Gasteiger partial charge on any atom is 0.283 e. The normalized spacial score (nSPS) is 11.6. The van der Waals surface area contributed by atoms with Crippen molar-refractivity contribution in [3.63, 3.8) is 0 Å². The van der Waals surface area contributed by atoms with Gasteiger partial charge in [0, 0.05) is 23.6 Å². The Balaban J connectivity index is 1.48. The van der Waals surface area contributed by atoms with Crippen LogP contribution in [0.1, 0.15) is 5.56 Å². The highest BCUT2D eigenvalue weighted by atomic mass is 32.2. The lowest BCUT2D eigenvalue weighted by molar-refractivity contribution is 0.474. The Labute approximate surface area is 210 Å². The van der Waals surface area contributed by atoms with Crippen molar-refractivity contribution >= 4 is 44.7 Å². The molecule has 2 heterocycles. The fourth-order valence-electron chi connectivity index (χ4n) is 3.41. The molecule has 0 saturated carbocycles. The lowest BCUT2D eigenvalue weighted by atomic mass is 10.2. The van der Waals surface area contributed by atoms with Gasteiger partial charge in [0.2, 0.25) is 11.9 Å². The molecule has 5 rings (SSSR count). The zero-order chi connectivity index (χ0) is 25.8. The number of phenols is 1. The molecule has 0 atom stereocenters. The average Bonchev–Trinajstić information content (AvgIpc) is 2.90. The summed E-state index contributed by atoms with van der Waals surface area (Å²) in [6.07, 6.45) is 4.20. The number of nitrogens with zero attached hydrogens (tertiary/aromatic N) is 5. The molecule has 0 aliphatic heterocycles. The fourth-order valence-corrected chi connectivity index (χ4v) is 4.36. The van der Waals surface area contributed by atoms with E-state index < -0.39 is 15.6 Å². The highest BCUT2D eigenvalue weighted by Crippen LogP contribution is 2.21. The molecule has 0 aliphatic rings. The summed E-state index contributed by atoms with van der Waals surface area (Å²) in [5, 5.41) is 17.7. The van der Waals surface area contributed by atoms with Gasteiger partial charge in [-0.05, 0) is 54.6 Å². The van der Waals surface area contributed by atoms with Crippen LogP contribution in [0.5, 0.6) is 5.75 Å². The number of phenolic OH excluding ortho intramolecular Hbond substituents is 1. The van der Waals surface area contributed by atoms with E-state index >= 15 is 0 Å². The highest BCUT2D eigenvalue weighted by Gasteiger charge is 2.16. The van der Waals surface area contributed by atoms with Crippen LogP contribution >= 0.6 is 0 Å². The van der Waals surface area contributed by atoms with Crippen LogP contribution in [0, 0.1) is 0 Å². The number of hydrogen-bond donors (Lipinski definition) is 3. The van der Waals surface area contributed by atoms with Crippen molar-refractivity contribution in [3.8, 4) is 5.75 Å². The summed E-state index contributed by atoms with van der Waals surface area (Å²) in [7, 11) is -3.91. The second-order valence-corrected chi connectivity index (χ2v) is 9.38.